The Balaban J connectivity index is 1.30. The van der Waals surface area contributed by atoms with Crippen LogP contribution in [0, 0.1) is 18.3 Å². The third-order valence-corrected chi connectivity index (χ3v) is 9.65. The zero-order valence-corrected chi connectivity index (χ0v) is 27.7. The third-order valence-electron chi connectivity index (χ3n) is 9.65. The molecule has 4 heterocycles. The highest BCUT2D eigenvalue weighted by Crippen LogP contribution is 2.36. The zero-order chi connectivity index (χ0) is 32.2. The van der Waals surface area contributed by atoms with Crippen LogP contribution in [0.1, 0.15) is 36.1 Å². The van der Waals surface area contributed by atoms with Crippen LogP contribution in [0.3, 0.4) is 0 Å². The number of rotatable bonds is 9. The Morgan fingerprint density at radius 1 is 1.09 bits per heavy atom. The summed E-state index contributed by atoms with van der Waals surface area (Å²) >= 11 is 0. The minimum Gasteiger partial charge on any atom is -0.462 e. The summed E-state index contributed by atoms with van der Waals surface area (Å²) in [4.78, 5) is 34.1. The summed E-state index contributed by atoms with van der Waals surface area (Å²) in [5.41, 5.74) is 4.61. The second kappa shape index (κ2) is 14.1. The Bertz CT molecular complexity index is 1630. The van der Waals surface area contributed by atoms with Gasteiger partial charge in [0.15, 0.2) is 0 Å². The highest BCUT2D eigenvalue weighted by atomic mass is 16.5. The molecule has 242 valence electrons. The first-order chi connectivity index (χ1) is 22.3. The van der Waals surface area contributed by atoms with E-state index in [0.29, 0.717) is 51.4 Å². The summed E-state index contributed by atoms with van der Waals surface area (Å²) in [6, 6.07) is 15.9. The number of benzene rings is 2. The quantitative estimate of drug-likeness (QED) is 0.328. The third kappa shape index (κ3) is 6.81. The number of likely N-dealkylation sites (tertiary alicyclic amines) is 1. The van der Waals surface area contributed by atoms with Crippen LogP contribution < -0.4 is 14.5 Å². The first-order valence-electron chi connectivity index (χ1n) is 16.5. The van der Waals surface area contributed by atoms with Gasteiger partial charge in [0.1, 0.15) is 12.4 Å². The highest BCUT2D eigenvalue weighted by molar-refractivity contribution is 5.97. The Labute approximate surface area is 272 Å². The molecule has 0 radical (unpaired) electrons. The first kappa shape index (κ1) is 31.8. The molecule has 2 unspecified atom stereocenters. The molecule has 2 aromatic carbocycles. The Kier molecular flexibility index (Phi) is 9.71. The van der Waals surface area contributed by atoms with Crippen LogP contribution in [0.25, 0.3) is 10.8 Å². The van der Waals surface area contributed by atoms with Crippen molar-refractivity contribution in [2.75, 3.05) is 76.8 Å². The largest absolute Gasteiger partial charge is 0.462 e. The van der Waals surface area contributed by atoms with Crippen molar-refractivity contribution < 1.29 is 9.53 Å². The molecule has 10 heteroatoms. The van der Waals surface area contributed by atoms with Gasteiger partial charge in [0.2, 0.25) is 5.91 Å². The van der Waals surface area contributed by atoms with E-state index in [1.807, 2.05) is 30.0 Å². The number of nitrogens with zero attached hydrogens (tertiary/aromatic N) is 8. The van der Waals surface area contributed by atoms with Gasteiger partial charge in [0.05, 0.1) is 30.8 Å². The fourth-order valence-corrected chi connectivity index (χ4v) is 7.13. The SMILES string of the molecule is Cc1cccc2cccc(N3CCc4c(nc(OCC5CCCN5C)nc4N4CCN(C(=O)/C=C/CN(C)C)C(CC#N)C4)C3)c12. The van der Waals surface area contributed by atoms with Gasteiger partial charge >= 0.3 is 6.01 Å². The molecule has 0 saturated carbocycles. The van der Waals surface area contributed by atoms with E-state index in [9.17, 15) is 10.1 Å². The van der Waals surface area contributed by atoms with Gasteiger partial charge in [-0.3, -0.25) is 4.79 Å². The van der Waals surface area contributed by atoms with Crippen LogP contribution in [0.5, 0.6) is 6.01 Å². The fourth-order valence-electron chi connectivity index (χ4n) is 7.13. The van der Waals surface area contributed by atoms with Gasteiger partial charge < -0.3 is 29.2 Å². The van der Waals surface area contributed by atoms with Crippen molar-refractivity contribution in [2.24, 2.45) is 0 Å². The van der Waals surface area contributed by atoms with Crippen molar-refractivity contribution >= 4 is 28.2 Å². The number of carbonyl (C=O) groups excluding carboxylic acids is 1. The summed E-state index contributed by atoms with van der Waals surface area (Å²) in [6.45, 7) is 7.72. The summed E-state index contributed by atoms with van der Waals surface area (Å²) < 4.78 is 6.35. The summed E-state index contributed by atoms with van der Waals surface area (Å²) in [5, 5.41) is 12.2. The van der Waals surface area contributed by atoms with E-state index in [1.54, 1.807) is 6.08 Å². The average Bonchev–Trinajstić information content (AvgIpc) is 3.47. The van der Waals surface area contributed by atoms with E-state index in [2.05, 4.69) is 71.1 Å². The van der Waals surface area contributed by atoms with Crippen molar-refractivity contribution in [1.82, 2.24) is 24.7 Å². The minimum atomic E-state index is -0.226. The molecule has 0 N–H and O–H groups in total. The highest BCUT2D eigenvalue weighted by Gasteiger charge is 2.34. The number of hydrogen-bond acceptors (Lipinski definition) is 9. The lowest BCUT2D eigenvalue weighted by Gasteiger charge is -2.42. The monoisotopic (exact) mass is 622 g/mol. The second-order valence-electron chi connectivity index (χ2n) is 13.1. The second-order valence-corrected chi connectivity index (χ2v) is 13.1. The Morgan fingerprint density at radius 3 is 2.67 bits per heavy atom. The van der Waals surface area contributed by atoms with Crippen molar-refractivity contribution in [3.63, 3.8) is 0 Å². The molecule has 46 heavy (non-hydrogen) atoms. The van der Waals surface area contributed by atoms with E-state index in [-0.39, 0.29) is 18.4 Å². The lowest BCUT2D eigenvalue weighted by molar-refractivity contribution is -0.128. The smallest absolute Gasteiger partial charge is 0.318 e. The van der Waals surface area contributed by atoms with Crippen molar-refractivity contribution in [3.8, 4) is 12.1 Å². The molecule has 3 aliphatic heterocycles. The van der Waals surface area contributed by atoms with E-state index in [1.165, 1.54) is 28.4 Å². The normalized spacial score (nSPS) is 20.5. The maximum atomic E-state index is 13.2. The number of aryl methyl sites for hydroxylation is 1. The number of anilines is 2. The number of piperazine rings is 1. The molecule has 1 amide bonds. The molecule has 0 spiro atoms. The molecule has 2 atom stereocenters. The van der Waals surface area contributed by atoms with Crippen molar-refractivity contribution in [3.05, 3.63) is 65.4 Å². The van der Waals surface area contributed by atoms with Gasteiger partial charge in [-0.1, -0.05) is 36.4 Å². The van der Waals surface area contributed by atoms with Crippen LogP contribution in [-0.2, 0) is 17.8 Å². The molecular formula is C36H46N8O2. The molecule has 0 aliphatic carbocycles. The van der Waals surface area contributed by atoms with Crippen LogP contribution in [-0.4, -0.2) is 110 Å². The first-order valence-corrected chi connectivity index (χ1v) is 16.5. The standard InChI is InChI=1S/C36H46N8O2/c1-26-9-5-10-27-11-6-13-32(34(26)27)42-20-16-30-31(24-42)38-36(46-25-29-12-7-19-41(29)4)39-35(30)43-21-22-44(28(23-43)15-17-37)33(45)14-8-18-40(2)3/h5-6,8-11,13-14,28-29H,7,12,15-16,18-25H2,1-4H3/b14-8+. The van der Waals surface area contributed by atoms with Gasteiger partial charge in [0.25, 0.3) is 0 Å². The molecule has 0 bridgehead atoms. The summed E-state index contributed by atoms with van der Waals surface area (Å²) in [6.07, 6.45) is 6.87. The molecule has 3 aromatic rings. The number of carbonyl (C=O) groups is 1. The number of amides is 1. The lowest BCUT2D eigenvalue weighted by atomic mass is 9.99. The topological polar surface area (TPSA) is 92.1 Å². The number of fused-ring (bicyclic) bond motifs is 2. The predicted octanol–water partition coefficient (Wildman–Crippen LogP) is 4.02. The zero-order valence-electron chi connectivity index (χ0n) is 27.7. The Morgan fingerprint density at radius 2 is 1.91 bits per heavy atom. The number of hydrogen-bond donors (Lipinski definition) is 0. The maximum Gasteiger partial charge on any atom is 0.318 e. The van der Waals surface area contributed by atoms with Crippen LogP contribution in [0.15, 0.2) is 48.6 Å². The van der Waals surface area contributed by atoms with E-state index >= 15 is 0 Å². The lowest BCUT2D eigenvalue weighted by Crippen LogP contribution is -2.55. The molecule has 6 rings (SSSR count). The molecule has 2 saturated heterocycles. The average molecular weight is 623 g/mol. The number of likely N-dealkylation sites (N-methyl/N-ethyl adjacent to an activating group) is 2. The fraction of sp³-hybridized carbons (Fsp3) is 0.500. The molecule has 3 aliphatic rings. The van der Waals surface area contributed by atoms with Crippen LogP contribution in [0.4, 0.5) is 11.5 Å². The molecule has 2 fully saturated rings. The maximum absolute atomic E-state index is 13.2. The minimum absolute atomic E-state index is 0.0443. The molecule has 1 aromatic heterocycles. The number of aromatic nitrogens is 2. The van der Waals surface area contributed by atoms with Gasteiger partial charge in [0, 0.05) is 61.5 Å². The number of ether oxygens (including phenoxy) is 1. The number of nitriles is 1. The van der Waals surface area contributed by atoms with Gasteiger partial charge in [-0.05, 0) is 70.9 Å². The van der Waals surface area contributed by atoms with E-state index in [4.69, 9.17) is 14.7 Å². The van der Waals surface area contributed by atoms with E-state index < -0.39 is 0 Å². The Hall–Kier alpha value is -4.20. The molecular weight excluding hydrogens is 576 g/mol. The van der Waals surface area contributed by atoms with Crippen molar-refractivity contribution in [1.29, 1.82) is 5.26 Å². The molecule has 10 nitrogen and oxygen atoms in total. The van der Waals surface area contributed by atoms with E-state index in [0.717, 1.165) is 43.0 Å². The van der Waals surface area contributed by atoms with Crippen LogP contribution in [0.2, 0.25) is 0 Å². The summed E-state index contributed by atoms with van der Waals surface area (Å²) in [5.74, 6) is 0.837. The van der Waals surface area contributed by atoms with Gasteiger partial charge in [-0.15, -0.1) is 0 Å². The van der Waals surface area contributed by atoms with Gasteiger partial charge in [-0.25, -0.2) is 0 Å². The summed E-state index contributed by atoms with van der Waals surface area (Å²) in [7, 11) is 6.09. The predicted molar refractivity (Wildman–Crippen MR) is 182 cm³/mol. The van der Waals surface area contributed by atoms with Gasteiger partial charge in [-0.2, -0.15) is 15.2 Å². The van der Waals surface area contributed by atoms with Crippen molar-refractivity contribution in [2.45, 2.75) is 51.2 Å². The van der Waals surface area contributed by atoms with Crippen LogP contribution >= 0.6 is 0 Å².